The van der Waals surface area contributed by atoms with Gasteiger partial charge < -0.3 is 5.11 Å². The third-order valence-corrected chi connectivity index (χ3v) is 2.30. The molecule has 0 aromatic heterocycles. The van der Waals surface area contributed by atoms with Crippen molar-refractivity contribution in [3.05, 3.63) is 33.7 Å². The van der Waals surface area contributed by atoms with E-state index in [9.17, 15) is 10.1 Å². The fourth-order valence-electron chi connectivity index (χ4n) is 1.27. The number of rotatable bonds is 7. The summed E-state index contributed by atoms with van der Waals surface area (Å²) in [6.45, 7) is 4.90. The van der Waals surface area contributed by atoms with E-state index >= 15 is 0 Å². The molecule has 0 fully saturated rings. The average molecular weight is 257 g/mol. The first-order valence-corrected chi connectivity index (χ1v) is 5.54. The van der Waals surface area contributed by atoms with Crippen molar-refractivity contribution in [2.75, 3.05) is 6.61 Å². The molecule has 3 N–H and O–H groups in total. The normalized spacial score (nSPS) is 15.5. The fraction of sp³-hybridized carbons (Fsp3) is 0.545. The van der Waals surface area contributed by atoms with E-state index in [2.05, 4.69) is 4.99 Å². The van der Waals surface area contributed by atoms with Crippen LogP contribution in [0, 0.1) is 10.1 Å². The Morgan fingerprint density at radius 2 is 2.17 bits per heavy atom. The van der Waals surface area contributed by atoms with Gasteiger partial charge >= 0.3 is 0 Å². The van der Waals surface area contributed by atoms with Crippen LogP contribution in [0.15, 0.2) is 28.5 Å². The van der Waals surface area contributed by atoms with Crippen LogP contribution in [0.1, 0.15) is 27.2 Å². The Morgan fingerprint density at radius 3 is 2.56 bits per heavy atom. The molecule has 0 rings (SSSR count). The second kappa shape index (κ2) is 8.37. The van der Waals surface area contributed by atoms with E-state index in [1.807, 2.05) is 6.92 Å². The van der Waals surface area contributed by atoms with E-state index < -0.39 is 4.92 Å². The molecule has 0 aliphatic heterocycles. The van der Waals surface area contributed by atoms with Crippen molar-refractivity contribution in [1.29, 1.82) is 0 Å². The van der Waals surface area contributed by atoms with Crippen molar-refractivity contribution >= 4 is 5.71 Å². The van der Waals surface area contributed by atoms with Crippen molar-refractivity contribution in [2.45, 2.75) is 33.2 Å². The summed E-state index contributed by atoms with van der Waals surface area (Å²) in [4.78, 5) is 14.5. The molecule has 0 saturated heterocycles. The highest BCUT2D eigenvalue weighted by atomic mass is 16.6. The molecule has 0 aliphatic rings. The van der Waals surface area contributed by atoms with Gasteiger partial charge in [-0.25, -0.2) is 0 Å². The van der Waals surface area contributed by atoms with Gasteiger partial charge in [-0.15, -0.1) is 0 Å². The Kier molecular flexibility index (Phi) is 7.57. The maximum absolute atomic E-state index is 10.9. The molecule has 0 bridgehead atoms. The summed E-state index contributed by atoms with van der Waals surface area (Å²) in [5.74, 6) is 0. The number of nitrogens with one attached hydrogen (secondary N) is 1. The van der Waals surface area contributed by atoms with Crippen LogP contribution in [-0.2, 0) is 0 Å². The van der Waals surface area contributed by atoms with E-state index in [1.54, 1.807) is 12.4 Å². The number of nitro groups is 1. The summed E-state index contributed by atoms with van der Waals surface area (Å²) in [5, 5.41) is 28.3. The second-order valence-electron chi connectivity index (χ2n) is 3.76. The monoisotopic (exact) mass is 257 g/mol. The number of hydrogen-bond donors (Lipinski definition) is 3. The van der Waals surface area contributed by atoms with Gasteiger partial charge in [-0.2, -0.15) is 0 Å². The molecule has 1 atom stereocenters. The zero-order valence-electron chi connectivity index (χ0n) is 10.8. The number of aliphatic hydroxyl groups is 1. The molecule has 0 aromatic rings. The standard InChI is InChI=1S/C11H19N3O4/c1-4-10(7-15)13-9(3)5-11(14(17)18)8(2)6-12-16/h5-6,10,12,15-16H,4,7H2,1-3H3/t10-/m0/s1. The molecular weight excluding hydrogens is 238 g/mol. The number of aliphatic imine (C=N–C) groups is 1. The highest BCUT2D eigenvalue weighted by molar-refractivity contribution is 5.93. The minimum Gasteiger partial charge on any atom is -0.394 e. The lowest BCUT2D eigenvalue weighted by Crippen LogP contribution is -2.11. The Hall–Kier alpha value is -1.73. The molecule has 0 spiro atoms. The maximum Gasteiger partial charge on any atom is 0.275 e. The topological polar surface area (TPSA) is 108 Å². The minimum absolute atomic E-state index is 0.0947. The van der Waals surface area contributed by atoms with Gasteiger partial charge in [-0.1, -0.05) is 6.92 Å². The zero-order chi connectivity index (χ0) is 14.1. The van der Waals surface area contributed by atoms with Crippen molar-refractivity contribution in [3.63, 3.8) is 0 Å². The first kappa shape index (κ1) is 16.3. The number of allylic oxidation sites excluding steroid dienone is 2. The first-order chi connectivity index (χ1) is 8.46. The van der Waals surface area contributed by atoms with Gasteiger partial charge in [-0.05, 0) is 20.3 Å². The van der Waals surface area contributed by atoms with Crippen LogP contribution in [0.5, 0.6) is 0 Å². The minimum atomic E-state index is -0.553. The lowest BCUT2D eigenvalue weighted by Gasteiger charge is -2.06. The molecule has 0 heterocycles. The van der Waals surface area contributed by atoms with Crippen LogP contribution < -0.4 is 5.48 Å². The second-order valence-corrected chi connectivity index (χ2v) is 3.76. The summed E-state index contributed by atoms with van der Waals surface area (Å²) in [6.07, 6.45) is 3.08. The number of hydrogen-bond acceptors (Lipinski definition) is 6. The molecule has 18 heavy (non-hydrogen) atoms. The predicted octanol–water partition coefficient (Wildman–Crippen LogP) is 1.26. The third-order valence-electron chi connectivity index (χ3n) is 2.30. The highest BCUT2D eigenvalue weighted by Gasteiger charge is 2.14. The highest BCUT2D eigenvalue weighted by Crippen LogP contribution is 2.10. The molecule has 0 radical (unpaired) electrons. The first-order valence-electron chi connectivity index (χ1n) is 5.54. The SMILES string of the molecule is CC[C@@H](CO)N=C(C)C=C(C(C)=CNO)[N+](=O)[O-]. The summed E-state index contributed by atoms with van der Waals surface area (Å²) in [5.41, 5.74) is 2.31. The Morgan fingerprint density at radius 1 is 1.56 bits per heavy atom. The van der Waals surface area contributed by atoms with Gasteiger partial charge in [0.2, 0.25) is 0 Å². The van der Waals surface area contributed by atoms with Gasteiger partial charge in [0.05, 0.1) is 17.6 Å². The van der Waals surface area contributed by atoms with Crippen LogP contribution in [-0.4, -0.2) is 33.6 Å². The molecule has 7 nitrogen and oxygen atoms in total. The molecule has 0 saturated carbocycles. The maximum atomic E-state index is 10.9. The van der Waals surface area contributed by atoms with Gasteiger partial charge in [0.25, 0.3) is 5.70 Å². The fourth-order valence-corrected chi connectivity index (χ4v) is 1.27. The van der Waals surface area contributed by atoms with E-state index in [0.29, 0.717) is 12.1 Å². The van der Waals surface area contributed by atoms with Gasteiger partial charge in [-0.3, -0.25) is 25.8 Å². The van der Waals surface area contributed by atoms with Crippen LogP contribution in [0.25, 0.3) is 0 Å². The molecular formula is C11H19N3O4. The van der Waals surface area contributed by atoms with Crippen molar-refractivity contribution in [3.8, 4) is 0 Å². The molecule has 0 unspecified atom stereocenters. The molecule has 0 amide bonds. The van der Waals surface area contributed by atoms with E-state index in [4.69, 9.17) is 10.3 Å². The van der Waals surface area contributed by atoms with E-state index in [0.717, 1.165) is 6.20 Å². The van der Waals surface area contributed by atoms with Crippen molar-refractivity contribution in [1.82, 2.24) is 5.48 Å². The van der Waals surface area contributed by atoms with Crippen LogP contribution in [0.4, 0.5) is 0 Å². The quantitative estimate of drug-likeness (QED) is 0.275. The Balaban J connectivity index is 5.19. The van der Waals surface area contributed by atoms with E-state index in [-0.39, 0.29) is 23.9 Å². The molecule has 0 aliphatic carbocycles. The Labute approximate surface area is 106 Å². The number of aliphatic hydroxyl groups excluding tert-OH is 1. The lowest BCUT2D eigenvalue weighted by atomic mass is 10.2. The number of hydroxylamine groups is 1. The molecule has 102 valence electrons. The predicted molar refractivity (Wildman–Crippen MR) is 68.0 cm³/mol. The molecule has 0 aromatic carbocycles. The number of nitrogens with zero attached hydrogens (tertiary/aromatic N) is 2. The zero-order valence-corrected chi connectivity index (χ0v) is 10.8. The molecule has 7 heteroatoms. The largest absolute Gasteiger partial charge is 0.394 e. The Bertz CT molecular complexity index is 370. The van der Waals surface area contributed by atoms with Crippen molar-refractivity contribution in [2.24, 2.45) is 4.99 Å². The van der Waals surface area contributed by atoms with Crippen LogP contribution >= 0.6 is 0 Å². The van der Waals surface area contributed by atoms with Gasteiger partial charge in [0.15, 0.2) is 0 Å². The van der Waals surface area contributed by atoms with Crippen molar-refractivity contribution < 1.29 is 15.2 Å². The van der Waals surface area contributed by atoms with E-state index in [1.165, 1.54) is 13.0 Å². The lowest BCUT2D eigenvalue weighted by molar-refractivity contribution is -0.420. The third kappa shape index (κ3) is 5.55. The summed E-state index contributed by atoms with van der Waals surface area (Å²) >= 11 is 0. The summed E-state index contributed by atoms with van der Waals surface area (Å²) in [7, 11) is 0. The summed E-state index contributed by atoms with van der Waals surface area (Å²) < 4.78 is 0. The van der Waals surface area contributed by atoms with Gasteiger partial charge in [0, 0.05) is 23.6 Å². The smallest absolute Gasteiger partial charge is 0.275 e. The summed E-state index contributed by atoms with van der Waals surface area (Å²) in [6, 6.07) is -0.255. The van der Waals surface area contributed by atoms with Crippen LogP contribution in [0.3, 0.4) is 0 Å². The average Bonchev–Trinajstić information content (AvgIpc) is 2.32. The van der Waals surface area contributed by atoms with Gasteiger partial charge in [0.1, 0.15) is 0 Å². The van der Waals surface area contributed by atoms with Crippen LogP contribution in [0.2, 0.25) is 0 Å².